The highest BCUT2D eigenvalue weighted by Gasteiger charge is 2.24. The molecule has 0 radical (unpaired) electrons. The number of hydrogen-bond acceptors (Lipinski definition) is 4. The van der Waals surface area contributed by atoms with E-state index in [1.165, 1.54) is 12.1 Å². The van der Waals surface area contributed by atoms with Crippen molar-refractivity contribution in [3.63, 3.8) is 0 Å². The van der Waals surface area contributed by atoms with Crippen molar-refractivity contribution in [1.29, 1.82) is 0 Å². The zero-order valence-corrected chi connectivity index (χ0v) is 18.0. The number of benzene rings is 2. The van der Waals surface area contributed by atoms with Crippen LogP contribution in [0.25, 0.3) is 0 Å². The molecule has 0 heterocycles. The van der Waals surface area contributed by atoms with Crippen LogP contribution in [0.5, 0.6) is 0 Å². The van der Waals surface area contributed by atoms with Crippen LogP contribution < -0.4 is 10.7 Å². The van der Waals surface area contributed by atoms with E-state index < -0.39 is 17.9 Å². The van der Waals surface area contributed by atoms with E-state index in [2.05, 4.69) is 15.8 Å². The fraction of sp³-hybridized carbons (Fsp3) is 0.250. The number of carbonyl (C=O) groups is 2. The molecule has 2 amide bonds. The highest BCUT2D eigenvalue weighted by atomic mass is 35.5. The summed E-state index contributed by atoms with van der Waals surface area (Å²) in [5.41, 5.74) is 3.67. The van der Waals surface area contributed by atoms with Gasteiger partial charge in [0.25, 0.3) is 11.8 Å². The average Bonchev–Trinajstić information content (AvgIpc) is 2.68. The first-order valence-corrected chi connectivity index (χ1v) is 10.5. The third-order valence-electron chi connectivity index (χ3n) is 3.92. The first-order valence-electron chi connectivity index (χ1n) is 8.54. The van der Waals surface area contributed by atoms with E-state index in [9.17, 15) is 9.59 Å². The minimum atomic E-state index is -0.752. The van der Waals surface area contributed by atoms with Gasteiger partial charge in [0, 0.05) is 10.5 Å². The van der Waals surface area contributed by atoms with Crippen LogP contribution in [-0.2, 0) is 4.79 Å². The van der Waals surface area contributed by atoms with Crippen molar-refractivity contribution in [3.05, 3.63) is 63.6 Å². The Balaban J connectivity index is 2.01. The molecule has 0 fully saturated rings. The Kier molecular flexibility index (Phi) is 8.35. The fourth-order valence-corrected chi connectivity index (χ4v) is 3.03. The topological polar surface area (TPSA) is 70.6 Å². The molecule has 28 heavy (non-hydrogen) atoms. The molecule has 5 nitrogen and oxygen atoms in total. The van der Waals surface area contributed by atoms with E-state index in [1.54, 1.807) is 24.0 Å². The Morgan fingerprint density at radius 1 is 1.07 bits per heavy atom. The minimum Gasteiger partial charge on any atom is -0.340 e. The molecule has 2 aromatic carbocycles. The molecule has 2 N–H and O–H groups in total. The van der Waals surface area contributed by atoms with Gasteiger partial charge in [-0.3, -0.25) is 9.59 Å². The standard InChI is InChI=1S/C20H21Cl2N3O2S/c1-12(2)18(24-19(26)14-6-9-16(21)17(22)10-14)20(27)25-23-11-13-4-7-15(28-3)8-5-13/h4-12,18H,1-3H3,(H,24,26)(H,25,27)/b23-11-. The molecule has 0 aliphatic carbocycles. The first kappa shape index (κ1) is 22.3. The second kappa shape index (κ2) is 10.5. The van der Waals surface area contributed by atoms with E-state index in [0.29, 0.717) is 10.6 Å². The molecule has 2 rings (SSSR count). The number of amides is 2. The van der Waals surface area contributed by atoms with Crippen LogP contribution in [0.15, 0.2) is 52.5 Å². The summed E-state index contributed by atoms with van der Waals surface area (Å²) in [6.45, 7) is 3.68. The van der Waals surface area contributed by atoms with E-state index >= 15 is 0 Å². The average molecular weight is 438 g/mol. The third-order valence-corrected chi connectivity index (χ3v) is 5.40. The van der Waals surface area contributed by atoms with Gasteiger partial charge in [-0.25, -0.2) is 5.43 Å². The highest BCUT2D eigenvalue weighted by Crippen LogP contribution is 2.22. The molecule has 148 valence electrons. The molecular formula is C20H21Cl2N3O2S. The molecular weight excluding hydrogens is 417 g/mol. The number of carbonyl (C=O) groups excluding carboxylic acids is 2. The predicted octanol–water partition coefficient (Wildman–Crippen LogP) is 4.62. The van der Waals surface area contributed by atoms with Crippen molar-refractivity contribution in [2.24, 2.45) is 11.0 Å². The number of nitrogens with one attached hydrogen (secondary N) is 2. The van der Waals surface area contributed by atoms with Gasteiger partial charge in [0.05, 0.1) is 16.3 Å². The van der Waals surface area contributed by atoms with Crippen LogP contribution in [0, 0.1) is 5.92 Å². The molecule has 0 bridgehead atoms. The van der Waals surface area contributed by atoms with Gasteiger partial charge in [-0.2, -0.15) is 5.10 Å². The smallest absolute Gasteiger partial charge is 0.262 e. The zero-order chi connectivity index (χ0) is 20.7. The molecule has 1 unspecified atom stereocenters. The van der Waals surface area contributed by atoms with Crippen molar-refractivity contribution in [2.75, 3.05) is 6.26 Å². The summed E-state index contributed by atoms with van der Waals surface area (Å²) < 4.78 is 0. The summed E-state index contributed by atoms with van der Waals surface area (Å²) in [7, 11) is 0. The van der Waals surface area contributed by atoms with Gasteiger partial charge in [0.1, 0.15) is 6.04 Å². The lowest BCUT2D eigenvalue weighted by atomic mass is 10.0. The van der Waals surface area contributed by atoms with Crippen molar-refractivity contribution in [3.8, 4) is 0 Å². The zero-order valence-electron chi connectivity index (χ0n) is 15.7. The minimum absolute atomic E-state index is 0.136. The van der Waals surface area contributed by atoms with Crippen molar-refractivity contribution >= 4 is 53.0 Å². The van der Waals surface area contributed by atoms with E-state index in [1.807, 2.05) is 44.4 Å². The second-order valence-corrected chi connectivity index (χ2v) is 8.03. The van der Waals surface area contributed by atoms with Gasteiger partial charge in [-0.15, -0.1) is 11.8 Å². The molecule has 0 aliphatic rings. The Morgan fingerprint density at radius 3 is 2.32 bits per heavy atom. The summed E-state index contributed by atoms with van der Waals surface area (Å²) in [6, 6.07) is 11.6. The molecule has 8 heteroatoms. The molecule has 0 aromatic heterocycles. The van der Waals surface area contributed by atoms with Crippen LogP contribution in [0.1, 0.15) is 29.8 Å². The van der Waals surface area contributed by atoms with E-state index in [-0.39, 0.29) is 10.9 Å². The SMILES string of the molecule is CSc1ccc(/C=N\NC(=O)C(NC(=O)c2ccc(Cl)c(Cl)c2)C(C)C)cc1. The number of nitrogens with zero attached hydrogens (tertiary/aromatic N) is 1. The maximum absolute atomic E-state index is 12.5. The van der Waals surface area contributed by atoms with Gasteiger partial charge in [-0.1, -0.05) is 49.2 Å². The van der Waals surface area contributed by atoms with Crippen molar-refractivity contribution < 1.29 is 9.59 Å². The van der Waals surface area contributed by atoms with Gasteiger partial charge in [0.15, 0.2) is 0 Å². The molecule has 0 aliphatic heterocycles. The maximum Gasteiger partial charge on any atom is 0.262 e. The molecule has 0 spiro atoms. The van der Waals surface area contributed by atoms with Gasteiger partial charge in [0.2, 0.25) is 0 Å². The van der Waals surface area contributed by atoms with Gasteiger partial charge < -0.3 is 5.32 Å². The second-order valence-electron chi connectivity index (χ2n) is 6.33. The summed E-state index contributed by atoms with van der Waals surface area (Å²) in [5, 5.41) is 7.33. The van der Waals surface area contributed by atoms with Crippen LogP contribution in [0.4, 0.5) is 0 Å². The van der Waals surface area contributed by atoms with E-state index in [0.717, 1.165) is 10.5 Å². The number of halogens is 2. The van der Waals surface area contributed by atoms with Crippen LogP contribution >= 0.6 is 35.0 Å². The lowest BCUT2D eigenvalue weighted by Crippen LogP contribution is -2.48. The Morgan fingerprint density at radius 2 is 1.75 bits per heavy atom. The number of thioether (sulfide) groups is 1. The molecule has 1 atom stereocenters. The Hall–Kier alpha value is -2.02. The highest BCUT2D eigenvalue weighted by molar-refractivity contribution is 7.98. The molecule has 0 saturated carbocycles. The number of hydrazone groups is 1. The summed E-state index contributed by atoms with van der Waals surface area (Å²) in [6.07, 6.45) is 3.56. The lowest BCUT2D eigenvalue weighted by molar-refractivity contribution is -0.123. The Labute approximate surface area is 178 Å². The third kappa shape index (κ3) is 6.26. The molecule has 0 saturated heterocycles. The normalized spacial score (nSPS) is 12.2. The largest absolute Gasteiger partial charge is 0.340 e. The number of rotatable bonds is 7. The summed E-state index contributed by atoms with van der Waals surface area (Å²) in [4.78, 5) is 26.1. The molecule has 2 aromatic rings. The Bertz CT molecular complexity index is 870. The fourth-order valence-electron chi connectivity index (χ4n) is 2.33. The quantitative estimate of drug-likeness (QED) is 0.377. The van der Waals surface area contributed by atoms with Crippen molar-refractivity contribution in [2.45, 2.75) is 24.8 Å². The number of hydrogen-bond donors (Lipinski definition) is 2. The lowest BCUT2D eigenvalue weighted by Gasteiger charge is -2.20. The van der Waals surface area contributed by atoms with Crippen molar-refractivity contribution in [1.82, 2.24) is 10.7 Å². The van der Waals surface area contributed by atoms with Gasteiger partial charge >= 0.3 is 0 Å². The monoisotopic (exact) mass is 437 g/mol. The maximum atomic E-state index is 12.5. The van der Waals surface area contributed by atoms with Crippen LogP contribution in [0.2, 0.25) is 10.0 Å². The van der Waals surface area contributed by atoms with Crippen LogP contribution in [-0.4, -0.2) is 30.3 Å². The first-order chi connectivity index (χ1) is 13.3. The summed E-state index contributed by atoms with van der Waals surface area (Å²) >= 11 is 13.5. The summed E-state index contributed by atoms with van der Waals surface area (Å²) in [5.74, 6) is -0.952. The van der Waals surface area contributed by atoms with E-state index in [4.69, 9.17) is 23.2 Å². The van der Waals surface area contributed by atoms with Crippen LogP contribution in [0.3, 0.4) is 0 Å². The van der Waals surface area contributed by atoms with Gasteiger partial charge in [-0.05, 0) is 48.1 Å². The predicted molar refractivity (Wildman–Crippen MR) is 117 cm³/mol.